The van der Waals surface area contributed by atoms with Crippen molar-refractivity contribution in [2.24, 2.45) is 20.4 Å². The number of halogens is 1. The Morgan fingerprint density at radius 2 is 1.85 bits per heavy atom. The van der Waals surface area contributed by atoms with E-state index >= 15 is 0 Å². The van der Waals surface area contributed by atoms with Gasteiger partial charge in [-0.3, -0.25) is 5.32 Å². The summed E-state index contributed by atoms with van der Waals surface area (Å²) >= 11 is 5.86. The normalized spacial score (nSPS) is 15.5. The first-order valence-corrected chi connectivity index (χ1v) is 7.98. The fourth-order valence-corrected chi connectivity index (χ4v) is 2.11. The number of benzene rings is 2. The van der Waals surface area contributed by atoms with Crippen LogP contribution in [0.1, 0.15) is 11.1 Å². The van der Waals surface area contributed by atoms with Crippen molar-refractivity contribution in [2.75, 3.05) is 0 Å². The highest BCUT2D eigenvalue weighted by Crippen LogP contribution is 2.15. The molecule has 1 heterocycles. The molecule has 1 aliphatic rings. The van der Waals surface area contributed by atoms with Crippen molar-refractivity contribution >= 4 is 29.7 Å². The molecule has 2 amide bonds. The number of ether oxygens (including phenoxy) is 1. The van der Waals surface area contributed by atoms with Gasteiger partial charge in [0.25, 0.3) is 0 Å². The molecular weight excluding hydrogens is 354 g/mol. The molecule has 0 spiro atoms. The largest absolute Gasteiger partial charge is 0.489 e. The first-order chi connectivity index (χ1) is 12.6. The van der Waals surface area contributed by atoms with Gasteiger partial charge in [0.15, 0.2) is 5.84 Å². The van der Waals surface area contributed by atoms with Crippen molar-refractivity contribution in [1.82, 2.24) is 5.32 Å². The van der Waals surface area contributed by atoms with Crippen molar-refractivity contribution in [3.8, 4) is 5.75 Å². The number of amides is 2. The maximum Gasteiger partial charge on any atom is 0.365 e. The Kier molecular flexibility index (Phi) is 5.50. The van der Waals surface area contributed by atoms with E-state index in [1.165, 1.54) is 0 Å². The summed E-state index contributed by atoms with van der Waals surface area (Å²) in [4.78, 5) is 11.1. The quantitative estimate of drug-likeness (QED) is 0.629. The van der Waals surface area contributed by atoms with Crippen molar-refractivity contribution in [3.05, 3.63) is 77.0 Å². The van der Waals surface area contributed by atoms with Gasteiger partial charge in [0, 0.05) is 5.02 Å². The van der Waals surface area contributed by atoms with Gasteiger partial charge in [-0.15, -0.1) is 10.2 Å². The second-order valence-electron chi connectivity index (χ2n) is 5.25. The van der Waals surface area contributed by atoms with Crippen LogP contribution in [0.2, 0.25) is 5.02 Å². The summed E-state index contributed by atoms with van der Waals surface area (Å²) in [6.45, 7) is 4.07. The zero-order chi connectivity index (χ0) is 18.4. The summed E-state index contributed by atoms with van der Waals surface area (Å²) in [6.07, 6.45) is 1.54. The van der Waals surface area contributed by atoms with E-state index in [-0.39, 0.29) is 11.5 Å². The fourth-order valence-electron chi connectivity index (χ4n) is 1.98. The van der Waals surface area contributed by atoms with Crippen LogP contribution in [0, 0.1) is 0 Å². The molecule has 3 rings (SSSR count). The Hall–Kier alpha value is -3.32. The number of urea groups is 1. The number of carbonyl (C=O) groups is 1. The van der Waals surface area contributed by atoms with E-state index in [0.717, 1.165) is 16.9 Å². The lowest BCUT2D eigenvalue weighted by molar-refractivity contribution is 0.251. The fraction of sp³-hybridized carbons (Fsp3) is 0.0556. The van der Waals surface area contributed by atoms with Crippen LogP contribution in [0.25, 0.3) is 0 Å². The molecule has 0 atom stereocenters. The molecule has 0 aromatic heterocycles. The minimum atomic E-state index is -0.603. The predicted octanol–water partition coefficient (Wildman–Crippen LogP) is 4.34. The lowest BCUT2D eigenvalue weighted by Crippen LogP contribution is -2.31. The summed E-state index contributed by atoms with van der Waals surface area (Å²) in [5.74, 6) is 0.904. The Morgan fingerprint density at radius 3 is 2.58 bits per heavy atom. The van der Waals surface area contributed by atoms with Gasteiger partial charge in [-0.1, -0.05) is 35.4 Å². The van der Waals surface area contributed by atoms with Crippen LogP contribution in [0.3, 0.4) is 0 Å². The van der Waals surface area contributed by atoms with Gasteiger partial charge in [0.2, 0.25) is 0 Å². The highest BCUT2D eigenvalue weighted by atomic mass is 35.5. The SMILES string of the molecule is C=C1N=NC(=O)N/C1=N/N=C/c1ccc(OCc2ccc(Cl)cc2)cc1. The molecule has 1 N–H and O–H groups in total. The lowest BCUT2D eigenvalue weighted by atomic mass is 10.2. The van der Waals surface area contributed by atoms with Gasteiger partial charge in [-0.25, -0.2) is 4.79 Å². The highest BCUT2D eigenvalue weighted by Gasteiger charge is 2.13. The summed E-state index contributed by atoms with van der Waals surface area (Å²) in [6, 6.07) is 14.2. The molecule has 0 aliphatic carbocycles. The summed E-state index contributed by atoms with van der Waals surface area (Å²) in [5, 5.41) is 17.8. The van der Waals surface area contributed by atoms with E-state index in [2.05, 4.69) is 32.3 Å². The van der Waals surface area contributed by atoms with E-state index in [9.17, 15) is 4.79 Å². The summed E-state index contributed by atoms with van der Waals surface area (Å²) in [7, 11) is 0. The predicted molar refractivity (Wildman–Crippen MR) is 99.8 cm³/mol. The Labute approximate surface area is 154 Å². The number of rotatable bonds is 5. The standard InChI is InChI=1S/C18H14ClN5O2/c1-12-17(21-18(25)24-22-12)23-20-10-13-4-8-16(9-5-13)26-11-14-2-6-15(19)7-3-14/h2-10H,1,11H2,(H,21,23,25)/b20-10+. The van der Waals surface area contributed by atoms with Crippen LogP contribution in [0.5, 0.6) is 5.75 Å². The van der Waals surface area contributed by atoms with Crippen LogP contribution in [0.4, 0.5) is 4.79 Å². The van der Waals surface area contributed by atoms with E-state index in [4.69, 9.17) is 16.3 Å². The van der Waals surface area contributed by atoms with Gasteiger partial charge in [0.1, 0.15) is 18.1 Å². The van der Waals surface area contributed by atoms with E-state index in [1.54, 1.807) is 6.21 Å². The molecule has 0 radical (unpaired) electrons. The number of nitrogens with zero attached hydrogens (tertiary/aromatic N) is 4. The molecule has 1 aliphatic heterocycles. The number of nitrogens with one attached hydrogen (secondary N) is 1. The third-order valence-electron chi connectivity index (χ3n) is 3.32. The molecule has 0 unspecified atom stereocenters. The molecule has 0 saturated heterocycles. The van der Waals surface area contributed by atoms with E-state index in [0.29, 0.717) is 11.6 Å². The third-order valence-corrected chi connectivity index (χ3v) is 3.58. The van der Waals surface area contributed by atoms with Crippen molar-refractivity contribution < 1.29 is 9.53 Å². The van der Waals surface area contributed by atoms with Crippen LogP contribution in [0.15, 0.2) is 81.2 Å². The van der Waals surface area contributed by atoms with Gasteiger partial charge in [-0.05, 0) is 47.5 Å². The summed E-state index contributed by atoms with van der Waals surface area (Å²) < 4.78 is 5.72. The van der Waals surface area contributed by atoms with Crippen LogP contribution < -0.4 is 10.1 Å². The van der Waals surface area contributed by atoms with E-state index < -0.39 is 6.03 Å². The smallest absolute Gasteiger partial charge is 0.365 e. The van der Waals surface area contributed by atoms with Crippen LogP contribution >= 0.6 is 11.6 Å². The van der Waals surface area contributed by atoms with Gasteiger partial charge in [-0.2, -0.15) is 5.10 Å². The van der Waals surface area contributed by atoms with Crippen molar-refractivity contribution in [1.29, 1.82) is 0 Å². The van der Waals surface area contributed by atoms with Crippen molar-refractivity contribution in [3.63, 3.8) is 0 Å². The topological polar surface area (TPSA) is 87.8 Å². The zero-order valence-corrected chi connectivity index (χ0v) is 14.3. The molecule has 26 heavy (non-hydrogen) atoms. The van der Waals surface area contributed by atoms with Gasteiger partial charge >= 0.3 is 6.03 Å². The van der Waals surface area contributed by atoms with Gasteiger partial charge in [0.05, 0.1) is 6.21 Å². The molecule has 8 heteroatoms. The number of azo groups is 1. The number of carbonyl (C=O) groups excluding carboxylic acids is 1. The van der Waals surface area contributed by atoms with Crippen LogP contribution in [-0.4, -0.2) is 18.1 Å². The second kappa shape index (κ2) is 8.17. The molecular formula is C18H14ClN5O2. The van der Waals surface area contributed by atoms with Crippen LogP contribution in [-0.2, 0) is 6.61 Å². The number of amidine groups is 1. The first kappa shape index (κ1) is 17.5. The Morgan fingerprint density at radius 1 is 1.12 bits per heavy atom. The summed E-state index contributed by atoms with van der Waals surface area (Å²) in [5.41, 5.74) is 2.10. The second-order valence-corrected chi connectivity index (χ2v) is 5.69. The molecule has 0 bridgehead atoms. The molecule has 130 valence electrons. The molecule has 2 aromatic rings. The third kappa shape index (κ3) is 4.84. The maximum absolute atomic E-state index is 11.1. The maximum atomic E-state index is 11.1. The molecule has 0 fully saturated rings. The average Bonchev–Trinajstić information content (AvgIpc) is 2.65. The first-order valence-electron chi connectivity index (χ1n) is 7.60. The average molecular weight is 368 g/mol. The lowest BCUT2D eigenvalue weighted by Gasteiger charge is -2.07. The molecule has 7 nitrogen and oxygen atoms in total. The zero-order valence-electron chi connectivity index (χ0n) is 13.6. The highest BCUT2D eigenvalue weighted by molar-refractivity contribution is 6.30. The van der Waals surface area contributed by atoms with E-state index in [1.807, 2.05) is 48.5 Å². The number of hydrogen-bond donors (Lipinski definition) is 1. The monoisotopic (exact) mass is 367 g/mol. The minimum absolute atomic E-state index is 0.171. The molecule has 0 saturated carbocycles. The molecule has 2 aromatic carbocycles. The van der Waals surface area contributed by atoms with Crippen molar-refractivity contribution in [2.45, 2.75) is 6.61 Å². The minimum Gasteiger partial charge on any atom is -0.489 e. The Bertz CT molecular complexity index is 902. The number of hydrogen-bond acceptors (Lipinski definition) is 5. The Balaban J connectivity index is 1.57. The van der Waals surface area contributed by atoms with Gasteiger partial charge < -0.3 is 4.74 Å².